The van der Waals surface area contributed by atoms with Gasteiger partial charge in [-0.1, -0.05) is 109 Å². The third-order valence-electron chi connectivity index (χ3n) is 16.0. The molecule has 16 heteroatoms. The third kappa shape index (κ3) is 16.8. The number of cyclic esters (lactones) is 1. The predicted molar refractivity (Wildman–Crippen MR) is 292 cm³/mol. The summed E-state index contributed by atoms with van der Waals surface area (Å²) in [6.45, 7) is 19.2. The molecular weight excluding hydrogens is 967 g/mol. The van der Waals surface area contributed by atoms with Gasteiger partial charge < -0.3 is 45.5 Å². The minimum Gasteiger partial charge on any atom is -0.508 e. The number of piperidine rings is 1. The number of ether oxygens (including phenoxy) is 2. The van der Waals surface area contributed by atoms with E-state index in [0.717, 1.165) is 24.0 Å². The number of aliphatic hydroxyl groups is 2. The van der Waals surface area contributed by atoms with E-state index < -0.39 is 83.6 Å². The van der Waals surface area contributed by atoms with Gasteiger partial charge in [-0.3, -0.25) is 29.0 Å². The van der Waals surface area contributed by atoms with Gasteiger partial charge in [-0.05, 0) is 119 Å². The van der Waals surface area contributed by atoms with Crippen LogP contribution in [0.3, 0.4) is 0 Å². The number of carbonyl (C=O) groups excluding carboxylic acids is 6. The second-order valence-corrected chi connectivity index (χ2v) is 22.6. The van der Waals surface area contributed by atoms with Crippen LogP contribution in [0.25, 0.3) is 0 Å². The Labute approximate surface area is 451 Å². The molecule has 1 aromatic carbocycles. The van der Waals surface area contributed by atoms with Gasteiger partial charge in [-0.2, -0.15) is 0 Å². The van der Waals surface area contributed by atoms with Crippen molar-refractivity contribution in [2.75, 3.05) is 6.54 Å². The molecule has 4 heterocycles. The lowest BCUT2D eigenvalue weighted by atomic mass is 9.75. The average molecular weight is 1060 g/mol. The Kier molecular flexibility index (Phi) is 23.3. The number of carbonyl (C=O) groups is 6. The molecule has 1 aromatic rings. The van der Waals surface area contributed by atoms with Gasteiger partial charge in [0.05, 0.1) is 24.2 Å². The highest BCUT2D eigenvalue weighted by Crippen LogP contribution is 2.43. The molecule has 0 radical (unpaired) electrons. The molecule has 14 atom stereocenters. The predicted octanol–water partition coefficient (Wildman–Crippen LogP) is 7.39. The van der Waals surface area contributed by atoms with Gasteiger partial charge in [0.15, 0.2) is 5.72 Å². The van der Waals surface area contributed by atoms with Gasteiger partial charge in [-0.15, -0.1) is 0 Å². The lowest BCUT2D eigenvalue weighted by molar-refractivity contribution is -0.179. The van der Waals surface area contributed by atoms with Crippen molar-refractivity contribution in [1.82, 2.24) is 26.4 Å². The van der Waals surface area contributed by atoms with Gasteiger partial charge in [-0.25, -0.2) is 5.43 Å². The van der Waals surface area contributed by atoms with Crippen molar-refractivity contribution in [2.45, 2.75) is 195 Å². The third-order valence-corrected chi connectivity index (χ3v) is 16.0. The maximum absolute atomic E-state index is 14.5. The topological polar surface area (TPSA) is 233 Å². The van der Waals surface area contributed by atoms with Crippen molar-refractivity contribution in [3.05, 3.63) is 89.6 Å². The Morgan fingerprint density at radius 2 is 1.71 bits per heavy atom. The number of esters is 1. The van der Waals surface area contributed by atoms with E-state index in [1.807, 2.05) is 77.2 Å². The maximum Gasteiger partial charge on any atom is 0.325 e. The Morgan fingerprint density at radius 3 is 2.39 bits per heavy atom. The number of Topliss-reactive ketones (excluding diaryl/α,β-unsaturated/α-hetero) is 1. The molecule has 7 N–H and O–H groups in total. The molecule has 1 unspecified atom stereocenters. The smallest absolute Gasteiger partial charge is 0.325 e. The highest BCUT2D eigenvalue weighted by molar-refractivity contribution is 5.93. The molecule has 5 rings (SSSR count). The number of hydrogen-bond donors (Lipinski definition) is 7. The van der Waals surface area contributed by atoms with E-state index in [0.29, 0.717) is 50.5 Å². The van der Waals surface area contributed by atoms with Crippen LogP contribution in [0.5, 0.6) is 5.75 Å². The second-order valence-electron chi connectivity index (χ2n) is 22.6. The first-order valence-corrected chi connectivity index (χ1v) is 27.9. The lowest BCUT2D eigenvalue weighted by Gasteiger charge is -2.51. The fraction of sp³-hybridized carbons (Fsp3) is 0.633. The number of amides is 4. The number of phenols is 1. The normalized spacial score (nSPS) is 32.5. The summed E-state index contributed by atoms with van der Waals surface area (Å²) in [6.07, 6.45) is 17.8. The molecular formula is C60H89N5O11. The average Bonchev–Trinajstić information content (AvgIpc) is 3.37. The van der Waals surface area contributed by atoms with Crippen LogP contribution in [0.4, 0.5) is 0 Å². The zero-order valence-electron chi connectivity index (χ0n) is 46.8. The zero-order chi connectivity index (χ0) is 55.9. The first-order valence-electron chi connectivity index (χ1n) is 27.9. The van der Waals surface area contributed by atoms with E-state index in [1.54, 1.807) is 26.0 Å². The van der Waals surface area contributed by atoms with Crippen molar-refractivity contribution < 1.29 is 53.6 Å². The number of hydrogen-bond acceptors (Lipinski definition) is 12. The molecule has 0 aromatic heterocycles. The van der Waals surface area contributed by atoms with Crippen LogP contribution < -0.4 is 21.4 Å². The van der Waals surface area contributed by atoms with E-state index in [1.165, 1.54) is 24.1 Å². The molecule has 4 aliphatic heterocycles. The minimum absolute atomic E-state index is 0.0169. The van der Waals surface area contributed by atoms with Crippen molar-refractivity contribution in [2.24, 2.45) is 41.4 Å². The van der Waals surface area contributed by atoms with Crippen LogP contribution in [0.2, 0.25) is 0 Å². The van der Waals surface area contributed by atoms with Crippen molar-refractivity contribution in [1.29, 1.82) is 0 Å². The number of hydrazine groups is 1. The molecule has 0 saturated carbocycles. The largest absolute Gasteiger partial charge is 0.508 e. The minimum atomic E-state index is -1.19. The van der Waals surface area contributed by atoms with Crippen LogP contribution in [0, 0.1) is 41.4 Å². The lowest BCUT2D eigenvalue weighted by Crippen LogP contribution is -2.64. The SMILES string of the molecule is CC[C@H]1C[C@H](C)[C@@]2(NC1=O)O[C@@H](C[C@H](O)[C@@H](C)CC/C=C/C=C(\C)[C@@H]1C/C=C/C=C/C[C@H](C)[C@@H](O)[C@@H](CCC(C)=O)C(=O)N[C@@H](C(C)C)C(=O)N[C@@H](Cc3cccc(O)c3)C(=O)N3CCCC(N3)C(=O)O1)[C@H](C)C=C2C. The number of nitrogens with zero attached hydrogens (tertiary/aromatic N) is 1. The first-order chi connectivity index (χ1) is 36.0. The molecule has 16 nitrogen and oxygen atoms in total. The Hall–Kier alpha value is -5.42. The fourth-order valence-corrected chi connectivity index (χ4v) is 10.9. The molecule has 2 fully saturated rings. The number of nitrogens with one attached hydrogen (secondary N) is 4. The summed E-state index contributed by atoms with van der Waals surface area (Å²) in [6, 6.07) is 3.16. The summed E-state index contributed by atoms with van der Waals surface area (Å²) >= 11 is 0. The van der Waals surface area contributed by atoms with E-state index in [-0.39, 0.29) is 73.0 Å². The van der Waals surface area contributed by atoms with Gasteiger partial charge in [0.25, 0.3) is 5.91 Å². The van der Waals surface area contributed by atoms with E-state index in [9.17, 15) is 44.1 Å². The van der Waals surface area contributed by atoms with Crippen LogP contribution >= 0.6 is 0 Å². The van der Waals surface area contributed by atoms with Crippen LogP contribution in [0.15, 0.2) is 84.0 Å². The van der Waals surface area contributed by atoms with E-state index in [2.05, 4.69) is 41.3 Å². The Balaban J connectivity index is 1.33. The molecule has 2 saturated heterocycles. The highest BCUT2D eigenvalue weighted by atomic mass is 16.5. The number of fused-ring (bicyclic) bond motifs is 2. The summed E-state index contributed by atoms with van der Waals surface area (Å²) in [5.74, 6) is -4.22. The number of ketones is 1. The summed E-state index contributed by atoms with van der Waals surface area (Å²) < 4.78 is 13.0. The maximum atomic E-state index is 14.5. The van der Waals surface area contributed by atoms with Gasteiger partial charge in [0.1, 0.15) is 35.8 Å². The van der Waals surface area contributed by atoms with Gasteiger partial charge in [0.2, 0.25) is 17.7 Å². The zero-order valence-corrected chi connectivity index (χ0v) is 46.8. The molecule has 0 aliphatic carbocycles. The van der Waals surface area contributed by atoms with Crippen molar-refractivity contribution >= 4 is 35.4 Å². The second kappa shape index (κ2) is 28.8. The molecule has 420 valence electrons. The quantitative estimate of drug-likeness (QED) is 0.0518. The number of rotatable bonds is 15. The molecule has 76 heavy (non-hydrogen) atoms. The van der Waals surface area contributed by atoms with Gasteiger partial charge in [0, 0.05) is 50.0 Å². The number of aliphatic hydroxyl groups excluding tert-OH is 2. The number of allylic oxidation sites excluding steroid dienone is 6. The van der Waals surface area contributed by atoms with Gasteiger partial charge >= 0.3 is 5.97 Å². The monoisotopic (exact) mass is 1060 g/mol. The Morgan fingerprint density at radius 1 is 0.987 bits per heavy atom. The summed E-state index contributed by atoms with van der Waals surface area (Å²) in [4.78, 5) is 82.0. The van der Waals surface area contributed by atoms with Crippen LogP contribution in [-0.4, -0.2) is 111 Å². The number of benzene rings is 1. The van der Waals surface area contributed by atoms with E-state index in [4.69, 9.17) is 9.47 Å². The first kappa shape index (κ1) is 61.4. The standard InChI is InChI=1S/C60H89N5O11/c1-11-45-32-42(9)60(63-55(45)70)41(8)31-40(7)52(76-60)35-50(68)37(4)21-16-14-17-22-38(5)51-27-18-13-12-15-23-39(6)54(69)47(29-28-43(10)66)56(71)62-53(36(2)3)57(72)61-49(34-44-24-19-25-46(67)33-44)58(73)65-30-20-26-48(64-65)59(74)75-51/h12-15,17-19,22,24-25,31,33,36-37,39-40,42,45,47-54,64,67-69H,11,16,20-21,23,26-30,32,34-35H2,1-10H3,(H,61,72)(H,62,71)(H,63,70)/b15-12+,17-14+,18-13+,38-22+/t37-,39-,40+,42-,45-,47+,48?,49-,50-,51-,52-,53-,54+,60-/m0/s1. The van der Waals surface area contributed by atoms with Crippen molar-refractivity contribution in [3.8, 4) is 5.75 Å². The summed E-state index contributed by atoms with van der Waals surface area (Å²) in [7, 11) is 0. The molecule has 4 aliphatic rings. The fourth-order valence-electron chi connectivity index (χ4n) is 10.9. The number of aromatic hydroxyl groups is 1. The molecule has 4 amide bonds. The highest BCUT2D eigenvalue weighted by Gasteiger charge is 2.51. The van der Waals surface area contributed by atoms with E-state index >= 15 is 0 Å². The Bertz CT molecular complexity index is 2330. The van der Waals surface area contributed by atoms with Crippen LogP contribution in [-0.2, 0) is 44.7 Å². The van der Waals surface area contributed by atoms with Crippen LogP contribution in [0.1, 0.15) is 145 Å². The molecule has 1 spiro atoms. The summed E-state index contributed by atoms with van der Waals surface area (Å²) in [5, 5.41) is 43.6. The summed E-state index contributed by atoms with van der Waals surface area (Å²) in [5.41, 5.74) is 4.56. The van der Waals surface area contributed by atoms with Crippen molar-refractivity contribution in [3.63, 3.8) is 0 Å². The number of phenolic OH excluding ortho intramolecular Hbond substituents is 1. The molecule has 2 bridgehead atoms.